The van der Waals surface area contributed by atoms with Crippen molar-refractivity contribution in [2.24, 2.45) is 7.05 Å². The van der Waals surface area contributed by atoms with Gasteiger partial charge in [-0.1, -0.05) is 18.2 Å². The molecule has 1 amide bonds. The number of rotatable bonds is 4. The van der Waals surface area contributed by atoms with Crippen LogP contribution < -0.4 is 15.3 Å². The number of nitrogens with zero attached hydrogens (tertiary/aromatic N) is 5. The van der Waals surface area contributed by atoms with E-state index < -0.39 is 5.82 Å². The first-order chi connectivity index (χ1) is 19.0. The van der Waals surface area contributed by atoms with E-state index in [1.165, 1.54) is 20.1 Å². The van der Waals surface area contributed by atoms with Crippen molar-refractivity contribution in [3.05, 3.63) is 95.4 Å². The Hall–Kier alpha value is -5.05. The van der Waals surface area contributed by atoms with Gasteiger partial charge in [0.25, 0.3) is 0 Å². The lowest BCUT2D eigenvalue weighted by Gasteiger charge is -2.17. The molecule has 8 nitrogen and oxygen atoms in total. The van der Waals surface area contributed by atoms with Gasteiger partial charge in [0.2, 0.25) is 5.91 Å². The van der Waals surface area contributed by atoms with E-state index in [0.29, 0.717) is 58.5 Å². The minimum atomic E-state index is -0.558. The number of halogens is 1. The lowest BCUT2D eigenvalue weighted by Crippen LogP contribution is -2.25. The largest absolute Gasteiger partial charge is 0.456 e. The lowest BCUT2D eigenvalue weighted by molar-refractivity contribution is -0.117. The molecule has 0 bridgehead atoms. The normalized spacial score (nSPS) is 13.7. The maximum atomic E-state index is 15.3. The van der Waals surface area contributed by atoms with Crippen LogP contribution in [0.1, 0.15) is 12.8 Å². The molecule has 0 unspecified atom stereocenters. The van der Waals surface area contributed by atoms with Crippen LogP contribution in [0.15, 0.2) is 83.9 Å². The van der Waals surface area contributed by atoms with Crippen molar-refractivity contribution in [2.75, 3.05) is 11.4 Å². The second-order valence-corrected chi connectivity index (χ2v) is 9.60. The van der Waals surface area contributed by atoms with E-state index >= 15 is 4.39 Å². The van der Waals surface area contributed by atoms with Gasteiger partial charge < -0.3 is 9.64 Å². The highest BCUT2D eigenvalue weighted by molar-refractivity contribution is 6.03. The Balaban J connectivity index is 1.36. The van der Waals surface area contributed by atoms with E-state index in [1.807, 2.05) is 48.5 Å². The number of carbonyl (C=O) groups is 1. The molecule has 6 aromatic rings. The van der Waals surface area contributed by atoms with Crippen LogP contribution in [0.3, 0.4) is 0 Å². The highest BCUT2D eigenvalue weighted by Crippen LogP contribution is 2.32. The summed E-state index contributed by atoms with van der Waals surface area (Å²) in [4.78, 5) is 36.0. The van der Waals surface area contributed by atoms with Crippen LogP contribution >= 0.6 is 0 Å². The summed E-state index contributed by atoms with van der Waals surface area (Å²) in [6.07, 6.45) is 4.40. The third-order valence-electron chi connectivity index (χ3n) is 7.21. The molecule has 0 atom stereocenters. The summed E-state index contributed by atoms with van der Waals surface area (Å²) in [7, 11) is 1.66. The molecular formula is C30H22FN5O3. The second-order valence-electron chi connectivity index (χ2n) is 9.60. The molecule has 0 radical (unpaired) electrons. The number of fused-ring (bicyclic) bond motifs is 4. The van der Waals surface area contributed by atoms with Crippen molar-refractivity contribution >= 4 is 44.4 Å². The first-order valence-electron chi connectivity index (χ1n) is 12.6. The van der Waals surface area contributed by atoms with E-state index in [2.05, 4.69) is 9.97 Å². The van der Waals surface area contributed by atoms with Gasteiger partial charge in [0.1, 0.15) is 17.3 Å². The summed E-state index contributed by atoms with van der Waals surface area (Å²) in [5.74, 6) is 0.464. The quantitative estimate of drug-likeness (QED) is 0.308. The number of hydrogen-bond donors (Lipinski definition) is 0. The summed E-state index contributed by atoms with van der Waals surface area (Å²) in [6.45, 7) is 0.481. The number of benzene rings is 3. The highest BCUT2D eigenvalue weighted by Gasteiger charge is 2.25. The third-order valence-corrected chi connectivity index (χ3v) is 7.21. The van der Waals surface area contributed by atoms with Crippen molar-refractivity contribution in [1.29, 1.82) is 0 Å². The summed E-state index contributed by atoms with van der Waals surface area (Å²) in [6, 6.07) is 19.7. The fourth-order valence-corrected chi connectivity index (χ4v) is 5.28. The van der Waals surface area contributed by atoms with Crippen LogP contribution in [0.4, 0.5) is 10.1 Å². The van der Waals surface area contributed by atoms with E-state index in [1.54, 1.807) is 31.6 Å². The van der Waals surface area contributed by atoms with Gasteiger partial charge in [-0.05, 0) is 48.9 Å². The molecule has 7 rings (SSSR count). The number of para-hydroxylation sites is 1. The number of amides is 1. The summed E-state index contributed by atoms with van der Waals surface area (Å²) >= 11 is 0. The minimum Gasteiger partial charge on any atom is -0.456 e. The molecule has 3 aromatic carbocycles. The van der Waals surface area contributed by atoms with Crippen molar-refractivity contribution < 1.29 is 13.9 Å². The Morgan fingerprint density at radius 2 is 1.74 bits per heavy atom. The van der Waals surface area contributed by atoms with Crippen molar-refractivity contribution in [3.8, 4) is 17.2 Å². The number of aromatic nitrogens is 4. The molecule has 0 N–H and O–H groups in total. The topological polar surface area (TPSA) is 82.2 Å². The van der Waals surface area contributed by atoms with Gasteiger partial charge in [0, 0.05) is 36.9 Å². The number of anilines is 1. The average Bonchev–Trinajstić information content (AvgIpc) is 3.48. The summed E-state index contributed by atoms with van der Waals surface area (Å²) < 4.78 is 24.4. The Kier molecular flexibility index (Phi) is 5.19. The Labute approximate surface area is 221 Å². The van der Waals surface area contributed by atoms with Crippen LogP contribution in [0.25, 0.3) is 38.5 Å². The van der Waals surface area contributed by atoms with Crippen LogP contribution in [0, 0.1) is 5.82 Å². The standard InChI is InChI=1S/C30H22FN5O3/c1-34-27-17-33-25-10-9-20(39-21-13-18-5-2-3-6-24(18)32-16-21)15-22(25)29(27)36(30(34)38)19-8-11-26(23(31)14-19)35-12-4-7-28(35)37/h2-3,5-6,8-11,13-17H,4,7,12H2,1H3. The van der Waals surface area contributed by atoms with E-state index in [4.69, 9.17) is 4.74 Å². The fraction of sp³-hybridized carbons (Fsp3) is 0.133. The molecule has 1 saturated heterocycles. The summed E-state index contributed by atoms with van der Waals surface area (Å²) in [5, 5.41) is 1.63. The van der Waals surface area contributed by atoms with Crippen LogP contribution in [-0.4, -0.2) is 31.6 Å². The molecule has 0 aliphatic carbocycles. The predicted molar refractivity (Wildman–Crippen MR) is 147 cm³/mol. The predicted octanol–water partition coefficient (Wildman–Crippen LogP) is 5.48. The van der Waals surface area contributed by atoms with Gasteiger partial charge in [0.05, 0.1) is 45.8 Å². The zero-order valence-electron chi connectivity index (χ0n) is 21.0. The minimum absolute atomic E-state index is 0.102. The number of ether oxygens (including phenoxy) is 1. The van der Waals surface area contributed by atoms with Gasteiger partial charge in [0.15, 0.2) is 0 Å². The molecule has 9 heteroatoms. The van der Waals surface area contributed by atoms with Crippen LogP contribution in [0.5, 0.6) is 11.5 Å². The SMILES string of the molecule is Cn1c(=O)n(-c2ccc(N3CCCC3=O)c(F)c2)c2c3cc(Oc4cnc5ccccc5c4)ccc3ncc21. The Morgan fingerprint density at radius 3 is 2.56 bits per heavy atom. The molecule has 1 aliphatic heterocycles. The van der Waals surface area contributed by atoms with Crippen LogP contribution in [-0.2, 0) is 11.8 Å². The molecule has 3 aromatic heterocycles. The van der Waals surface area contributed by atoms with Gasteiger partial charge in [-0.2, -0.15) is 0 Å². The maximum Gasteiger partial charge on any atom is 0.333 e. The van der Waals surface area contributed by atoms with Crippen molar-refractivity contribution in [2.45, 2.75) is 12.8 Å². The number of carbonyl (C=O) groups excluding carboxylic acids is 1. The van der Waals surface area contributed by atoms with Gasteiger partial charge in [-0.15, -0.1) is 0 Å². The molecule has 1 aliphatic rings. The Morgan fingerprint density at radius 1 is 0.897 bits per heavy atom. The van der Waals surface area contributed by atoms with E-state index in [9.17, 15) is 9.59 Å². The van der Waals surface area contributed by atoms with Gasteiger partial charge in [-0.25, -0.2) is 9.18 Å². The molecule has 4 heterocycles. The Bertz CT molecular complexity index is 2010. The maximum absolute atomic E-state index is 15.3. The zero-order valence-corrected chi connectivity index (χ0v) is 21.0. The lowest BCUT2D eigenvalue weighted by atomic mass is 10.1. The zero-order chi connectivity index (χ0) is 26.7. The molecule has 192 valence electrons. The number of imidazole rings is 1. The van der Waals surface area contributed by atoms with E-state index in [0.717, 1.165) is 10.9 Å². The first kappa shape index (κ1) is 23.1. The molecular weight excluding hydrogens is 497 g/mol. The number of pyridine rings is 2. The average molecular weight is 520 g/mol. The van der Waals surface area contributed by atoms with Crippen LogP contribution in [0.2, 0.25) is 0 Å². The third kappa shape index (κ3) is 3.73. The van der Waals surface area contributed by atoms with Gasteiger partial charge >= 0.3 is 5.69 Å². The first-order valence-corrected chi connectivity index (χ1v) is 12.6. The molecule has 39 heavy (non-hydrogen) atoms. The van der Waals surface area contributed by atoms with Crippen molar-refractivity contribution in [1.82, 2.24) is 19.1 Å². The molecule has 1 fully saturated rings. The number of hydrogen-bond acceptors (Lipinski definition) is 5. The van der Waals surface area contributed by atoms with Gasteiger partial charge in [-0.3, -0.25) is 23.9 Å². The number of aryl methyl sites for hydroxylation is 1. The molecule has 0 spiro atoms. The summed E-state index contributed by atoms with van der Waals surface area (Å²) in [5.41, 5.74) is 2.95. The smallest absolute Gasteiger partial charge is 0.333 e. The second kappa shape index (κ2) is 8.76. The molecule has 0 saturated carbocycles. The monoisotopic (exact) mass is 519 g/mol. The van der Waals surface area contributed by atoms with E-state index in [-0.39, 0.29) is 17.3 Å². The highest BCUT2D eigenvalue weighted by atomic mass is 19.1. The van der Waals surface area contributed by atoms with Crippen molar-refractivity contribution in [3.63, 3.8) is 0 Å². The fourth-order valence-electron chi connectivity index (χ4n) is 5.28.